The van der Waals surface area contributed by atoms with Crippen molar-refractivity contribution in [3.8, 4) is 0 Å². The Morgan fingerprint density at radius 3 is 2.70 bits per heavy atom. The van der Waals surface area contributed by atoms with E-state index in [1.165, 1.54) is 11.3 Å². The monoisotopic (exact) mass is 539 g/mol. The Balaban J connectivity index is 0.00000256. The van der Waals surface area contributed by atoms with Crippen LogP contribution in [-0.2, 0) is 6.42 Å². The van der Waals surface area contributed by atoms with Crippen LogP contribution < -0.4 is 10.2 Å². The molecule has 0 atom stereocenters. The van der Waals surface area contributed by atoms with Gasteiger partial charge in [0.2, 0.25) is 0 Å². The molecular formula is C21H27ClIN7. The van der Waals surface area contributed by atoms with Crippen molar-refractivity contribution < 1.29 is 0 Å². The highest BCUT2D eigenvalue weighted by Crippen LogP contribution is 2.25. The number of nitrogens with zero attached hydrogens (tertiary/aromatic N) is 6. The van der Waals surface area contributed by atoms with E-state index in [0.29, 0.717) is 0 Å². The van der Waals surface area contributed by atoms with Crippen LogP contribution >= 0.6 is 35.6 Å². The summed E-state index contributed by atoms with van der Waals surface area (Å²) in [5.74, 6) is 1.88. The highest BCUT2D eigenvalue weighted by molar-refractivity contribution is 14.0. The van der Waals surface area contributed by atoms with Crippen LogP contribution in [0.3, 0.4) is 0 Å². The zero-order valence-corrected chi connectivity index (χ0v) is 20.3. The van der Waals surface area contributed by atoms with Crippen LogP contribution in [0.25, 0.3) is 5.65 Å². The number of aliphatic imine (C=N–C) groups is 1. The maximum absolute atomic E-state index is 6.20. The molecule has 1 saturated heterocycles. The third-order valence-electron chi connectivity index (χ3n) is 5.32. The normalized spacial score (nSPS) is 14.7. The molecule has 3 aromatic rings. The van der Waals surface area contributed by atoms with Crippen LogP contribution in [-0.4, -0.2) is 65.2 Å². The standard InChI is InChI=1S/C21H26ClN7.HI/c1-16-6-7-17(22)15-18(16)27-11-13-28(14-12-27)21(23-2)24-9-8-20-26-25-19-5-3-4-10-29(19)20;/h3-7,10,15H,8-9,11-14H2,1-2H3,(H,23,24);1H. The van der Waals surface area contributed by atoms with Crippen molar-refractivity contribution in [1.82, 2.24) is 24.8 Å². The molecule has 1 fully saturated rings. The first-order valence-corrected chi connectivity index (χ1v) is 10.3. The van der Waals surface area contributed by atoms with Gasteiger partial charge in [-0.3, -0.25) is 9.39 Å². The first kappa shape index (κ1) is 22.6. The van der Waals surface area contributed by atoms with Gasteiger partial charge in [-0.15, -0.1) is 34.2 Å². The molecule has 7 nitrogen and oxygen atoms in total. The first-order chi connectivity index (χ1) is 14.2. The van der Waals surface area contributed by atoms with Gasteiger partial charge < -0.3 is 15.1 Å². The van der Waals surface area contributed by atoms with Crippen LogP contribution in [0.4, 0.5) is 5.69 Å². The van der Waals surface area contributed by atoms with Crippen molar-refractivity contribution in [2.24, 2.45) is 4.99 Å². The van der Waals surface area contributed by atoms with Gasteiger partial charge in [-0.25, -0.2) is 0 Å². The average Bonchev–Trinajstić information content (AvgIpc) is 3.16. The quantitative estimate of drug-likeness (QED) is 0.313. The Hall–Kier alpha value is -2.07. The number of piperazine rings is 1. The number of aryl methyl sites for hydroxylation is 1. The minimum atomic E-state index is 0. The molecule has 0 amide bonds. The van der Waals surface area contributed by atoms with E-state index in [1.807, 2.05) is 41.9 Å². The van der Waals surface area contributed by atoms with E-state index in [1.54, 1.807) is 0 Å². The molecule has 0 radical (unpaired) electrons. The fourth-order valence-electron chi connectivity index (χ4n) is 3.76. The molecule has 0 spiro atoms. The van der Waals surface area contributed by atoms with Crippen LogP contribution in [0.2, 0.25) is 5.02 Å². The summed E-state index contributed by atoms with van der Waals surface area (Å²) in [6, 6.07) is 12.0. The summed E-state index contributed by atoms with van der Waals surface area (Å²) < 4.78 is 2.02. The summed E-state index contributed by atoms with van der Waals surface area (Å²) in [6.45, 7) is 6.61. The molecule has 30 heavy (non-hydrogen) atoms. The lowest BCUT2D eigenvalue weighted by Gasteiger charge is -2.38. The second-order valence-corrected chi connectivity index (χ2v) is 7.61. The van der Waals surface area contributed by atoms with Crippen molar-refractivity contribution in [2.75, 3.05) is 44.7 Å². The first-order valence-electron chi connectivity index (χ1n) is 9.91. The third kappa shape index (κ3) is 4.97. The minimum absolute atomic E-state index is 0. The van der Waals surface area contributed by atoms with Gasteiger partial charge in [-0.05, 0) is 36.8 Å². The highest BCUT2D eigenvalue weighted by Gasteiger charge is 2.21. The maximum Gasteiger partial charge on any atom is 0.193 e. The summed E-state index contributed by atoms with van der Waals surface area (Å²) in [7, 11) is 1.84. The number of guanidine groups is 1. The number of hydrogen-bond acceptors (Lipinski definition) is 4. The smallest absolute Gasteiger partial charge is 0.193 e. The molecule has 1 aliphatic heterocycles. The van der Waals surface area contributed by atoms with Gasteiger partial charge in [-0.2, -0.15) is 0 Å². The van der Waals surface area contributed by atoms with Gasteiger partial charge in [0.1, 0.15) is 5.82 Å². The second kappa shape index (κ2) is 10.3. The third-order valence-corrected chi connectivity index (χ3v) is 5.55. The van der Waals surface area contributed by atoms with Crippen LogP contribution in [0, 0.1) is 6.92 Å². The van der Waals surface area contributed by atoms with E-state index in [4.69, 9.17) is 11.6 Å². The SMILES string of the molecule is CN=C(NCCc1nnc2ccccn12)N1CCN(c2cc(Cl)ccc2C)CC1.I. The molecule has 4 rings (SSSR count). The Bertz CT molecular complexity index is 1010. The zero-order chi connectivity index (χ0) is 20.2. The molecule has 160 valence electrons. The highest BCUT2D eigenvalue weighted by atomic mass is 127. The molecule has 3 heterocycles. The Morgan fingerprint density at radius 1 is 1.13 bits per heavy atom. The minimum Gasteiger partial charge on any atom is -0.368 e. The predicted octanol–water partition coefficient (Wildman–Crippen LogP) is 3.25. The van der Waals surface area contributed by atoms with Crippen molar-refractivity contribution in [3.63, 3.8) is 0 Å². The summed E-state index contributed by atoms with van der Waals surface area (Å²) in [5.41, 5.74) is 3.35. The van der Waals surface area contributed by atoms with Gasteiger partial charge in [-0.1, -0.05) is 23.7 Å². The van der Waals surface area contributed by atoms with Gasteiger partial charge in [0.05, 0.1) is 0 Å². The van der Waals surface area contributed by atoms with Crippen LogP contribution in [0.1, 0.15) is 11.4 Å². The van der Waals surface area contributed by atoms with E-state index in [0.717, 1.165) is 61.6 Å². The molecule has 1 aliphatic rings. The molecule has 2 aromatic heterocycles. The summed E-state index contributed by atoms with van der Waals surface area (Å²) in [6.07, 6.45) is 2.78. The number of nitrogens with one attached hydrogen (secondary N) is 1. The molecule has 1 aromatic carbocycles. The molecule has 0 aliphatic carbocycles. The number of halogens is 2. The molecule has 0 unspecified atom stereocenters. The number of aromatic nitrogens is 3. The summed E-state index contributed by atoms with van der Waals surface area (Å²) in [4.78, 5) is 9.17. The molecular weight excluding hydrogens is 513 g/mol. The van der Waals surface area contributed by atoms with Crippen LogP contribution in [0.5, 0.6) is 0 Å². The lowest BCUT2D eigenvalue weighted by atomic mass is 10.1. The van der Waals surface area contributed by atoms with E-state index >= 15 is 0 Å². The number of pyridine rings is 1. The number of rotatable bonds is 4. The van der Waals surface area contributed by atoms with Crippen LogP contribution in [0.15, 0.2) is 47.6 Å². The lowest BCUT2D eigenvalue weighted by Crippen LogP contribution is -2.53. The fraction of sp³-hybridized carbons (Fsp3) is 0.381. The van der Waals surface area contributed by atoms with Gasteiger partial charge >= 0.3 is 0 Å². The maximum atomic E-state index is 6.20. The molecule has 1 N–H and O–H groups in total. The largest absolute Gasteiger partial charge is 0.368 e. The van der Waals surface area contributed by atoms with E-state index in [9.17, 15) is 0 Å². The van der Waals surface area contributed by atoms with Crippen molar-refractivity contribution in [3.05, 3.63) is 59.0 Å². The molecule has 0 bridgehead atoms. The molecule has 0 saturated carbocycles. The van der Waals surface area contributed by atoms with E-state index in [2.05, 4.69) is 49.4 Å². The zero-order valence-electron chi connectivity index (χ0n) is 17.3. The van der Waals surface area contributed by atoms with Crippen molar-refractivity contribution in [2.45, 2.75) is 13.3 Å². The topological polar surface area (TPSA) is 61.1 Å². The second-order valence-electron chi connectivity index (χ2n) is 7.17. The molecule has 9 heteroatoms. The average molecular weight is 540 g/mol. The number of fused-ring (bicyclic) bond motifs is 1. The van der Waals surface area contributed by atoms with Gasteiger partial charge in [0.15, 0.2) is 11.6 Å². The van der Waals surface area contributed by atoms with E-state index in [-0.39, 0.29) is 24.0 Å². The Kier molecular flexibility index (Phi) is 7.76. The lowest BCUT2D eigenvalue weighted by molar-refractivity contribution is 0.372. The Morgan fingerprint density at radius 2 is 1.93 bits per heavy atom. The number of hydrogen-bond donors (Lipinski definition) is 1. The van der Waals surface area contributed by atoms with Gasteiger partial charge in [0.25, 0.3) is 0 Å². The van der Waals surface area contributed by atoms with E-state index < -0.39 is 0 Å². The van der Waals surface area contributed by atoms with Crippen molar-refractivity contribution >= 4 is 52.9 Å². The Labute approximate surface area is 199 Å². The summed E-state index contributed by atoms with van der Waals surface area (Å²) in [5, 5.41) is 12.8. The van der Waals surface area contributed by atoms with Gasteiger partial charge in [0, 0.05) is 63.1 Å². The summed E-state index contributed by atoms with van der Waals surface area (Å²) >= 11 is 6.20. The predicted molar refractivity (Wildman–Crippen MR) is 133 cm³/mol. The van der Waals surface area contributed by atoms with Crippen molar-refractivity contribution in [1.29, 1.82) is 0 Å². The number of anilines is 1. The fourth-order valence-corrected chi connectivity index (χ4v) is 3.93. The number of benzene rings is 1.